The Hall–Kier alpha value is -1.36. The Balaban J connectivity index is 1.73. The molecule has 1 N–H and O–H groups in total. The van der Waals surface area contributed by atoms with Gasteiger partial charge in [-0.15, -0.1) is 0 Å². The zero-order chi connectivity index (χ0) is 19.1. The zero-order valence-corrected chi connectivity index (χ0v) is 17.5. The standard InChI is InChI=1S/C20H23Cl2NO2S/c1-13-7-8-19(14(2)11-13)25-15(3)20(24)23-9-10-26-12-16-17(21)5-4-6-18(16)22/h4-8,11,15H,9-10,12H2,1-3H3,(H,23,24)/t15-/m0/s1. The summed E-state index contributed by atoms with van der Waals surface area (Å²) in [6, 6.07) is 11.4. The largest absolute Gasteiger partial charge is 0.481 e. The second-order valence-corrected chi connectivity index (χ2v) is 7.99. The number of hydrogen-bond donors (Lipinski definition) is 1. The van der Waals surface area contributed by atoms with E-state index < -0.39 is 6.10 Å². The van der Waals surface area contributed by atoms with Gasteiger partial charge in [0, 0.05) is 28.1 Å². The zero-order valence-electron chi connectivity index (χ0n) is 15.1. The number of halogens is 2. The second kappa shape index (κ2) is 10.1. The molecule has 3 nitrogen and oxygen atoms in total. The Kier molecular flexibility index (Phi) is 8.14. The maximum atomic E-state index is 12.2. The number of carbonyl (C=O) groups is 1. The van der Waals surface area contributed by atoms with Crippen molar-refractivity contribution in [2.75, 3.05) is 12.3 Å². The summed E-state index contributed by atoms with van der Waals surface area (Å²) in [4.78, 5) is 12.2. The monoisotopic (exact) mass is 411 g/mol. The van der Waals surface area contributed by atoms with Crippen LogP contribution in [0.3, 0.4) is 0 Å². The van der Waals surface area contributed by atoms with E-state index in [0.717, 1.165) is 22.6 Å². The van der Waals surface area contributed by atoms with Gasteiger partial charge in [0.1, 0.15) is 5.75 Å². The molecule has 2 aromatic rings. The molecule has 0 bridgehead atoms. The van der Waals surface area contributed by atoms with Crippen LogP contribution < -0.4 is 10.1 Å². The Morgan fingerprint density at radius 2 is 1.88 bits per heavy atom. The van der Waals surface area contributed by atoms with Gasteiger partial charge in [-0.25, -0.2) is 0 Å². The highest BCUT2D eigenvalue weighted by Crippen LogP contribution is 2.28. The molecule has 1 atom stereocenters. The molecule has 1 amide bonds. The van der Waals surface area contributed by atoms with E-state index in [9.17, 15) is 4.79 Å². The first kappa shape index (κ1) is 20.9. The van der Waals surface area contributed by atoms with E-state index in [1.165, 1.54) is 5.56 Å². The summed E-state index contributed by atoms with van der Waals surface area (Å²) in [6.45, 7) is 6.32. The maximum absolute atomic E-state index is 12.2. The summed E-state index contributed by atoms with van der Waals surface area (Å²) >= 11 is 14.0. The van der Waals surface area contributed by atoms with Gasteiger partial charge < -0.3 is 10.1 Å². The van der Waals surface area contributed by atoms with Gasteiger partial charge in [0.15, 0.2) is 6.10 Å². The van der Waals surface area contributed by atoms with Crippen LogP contribution in [0.4, 0.5) is 0 Å². The van der Waals surface area contributed by atoms with Crippen LogP contribution in [-0.2, 0) is 10.5 Å². The molecule has 0 aromatic heterocycles. The van der Waals surface area contributed by atoms with Gasteiger partial charge in [-0.1, -0.05) is 47.0 Å². The third-order valence-corrected chi connectivity index (χ3v) is 5.55. The molecule has 0 aliphatic rings. The van der Waals surface area contributed by atoms with Crippen LogP contribution in [0.1, 0.15) is 23.6 Å². The number of hydrogen-bond acceptors (Lipinski definition) is 3. The fourth-order valence-electron chi connectivity index (χ4n) is 2.41. The van der Waals surface area contributed by atoms with Crippen LogP contribution in [0.15, 0.2) is 36.4 Å². The van der Waals surface area contributed by atoms with Gasteiger partial charge in [-0.05, 0) is 50.1 Å². The van der Waals surface area contributed by atoms with Gasteiger partial charge in [0.2, 0.25) is 0 Å². The average Bonchev–Trinajstić information content (AvgIpc) is 2.59. The molecule has 0 spiro atoms. The van der Waals surface area contributed by atoms with Gasteiger partial charge in [-0.3, -0.25) is 4.79 Å². The molecule has 2 aromatic carbocycles. The van der Waals surface area contributed by atoms with Gasteiger partial charge >= 0.3 is 0 Å². The van der Waals surface area contributed by atoms with Crippen LogP contribution >= 0.6 is 35.0 Å². The molecule has 0 aliphatic heterocycles. The highest BCUT2D eigenvalue weighted by atomic mass is 35.5. The molecule has 6 heteroatoms. The lowest BCUT2D eigenvalue weighted by Gasteiger charge is -2.16. The lowest BCUT2D eigenvalue weighted by Crippen LogP contribution is -2.37. The summed E-state index contributed by atoms with van der Waals surface area (Å²) in [5, 5.41) is 4.24. The third-order valence-electron chi connectivity index (χ3n) is 3.86. The SMILES string of the molecule is Cc1ccc(O[C@@H](C)C(=O)NCCSCc2c(Cl)cccc2Cl)c(C)c1. The molecule has 0 heterocycles. The van der Waals surface area contributed by atoms with Crippen LogP contribution in [0.2, 0.25) is 10.0 Å². The number of aryl methyl sites for hydroxylation is 2. The van der Waals surface area contributed by atoms with Crippen molar-refractivity contribution < 1.29 is 9.53 Å². The molecular formula is C20H23Cl2NO2S. The van der Waals surface area contributed by atoms with E-state index >= 15 is 0 Å². The Labute approximate surface area is 169 Å². The second-order valence-electron chi connectivity index (χ2n) is 6.07. The first-order valence-corrected chi connectivity index (χ1v) is 10.3. The number of carbonyl (C=O) groups excluding carboxylic acids is 1. The summed E-state index contributed by atoms with van der Waals surface area (Å²) in [7, 11) is 0. The lowest BCUT2D eigenvalue weighted by atomic mass is 10.1. The van der Waals surface area contributed by atoms with Crippen molar-refractivity contribution in [1.82, 2.24) is 5.32 Å². The molecule has 0 aliphatic carbocycles. The van der Waals surface area contributed by atoms with E-state index in [4.69, 9.17) is 27.9 Å². The Bertz CT molecular complexity index is 747. The van der Waals surface area contributed by atoms with Crippen molar-refractivity contribution in [1.29, 1.82) is 0 Å². The average molecular weight is 412 g/mol. The van der Waals surface area contributed by atoms with Crippen molar-refractivity contribution in [3.05, 3.63) is 63.1 Å². The molecule has 0 unspecified atom stereocenters. The number of benzene rings is 2. The maximum Gasteiger partial charge on any atom is 0.260 e. The quantitative estimate of drug-likeness (QED) is 0.588. The number of nitrogens with one attached hydrogen (secondary N) is 1. The number of rotatable bonds is 8. The lowest BCUT2D eigenvalue weighted by molar-refractivity contribution is -0.127. The normalized spacial score (nSPS) is 11.9. The fraction of sp³-hybridized carbons (Fsp3) is 0.350. The van der Waals surface area contributed by atoms with Crippen molar-refractivity contribution in [2.45, 2.75) is 32.6 Å². The first-order valence-electron chi connectivity index (χ1n) is 8.40. The fourth-order valence-corrected chi connectivity index (χ4v) is 4.01. The van der Waals surface area contributed by atoms with E-state index in [1.807, 2.05) is 50.2 Å². The van der Waals surface area contributed by atoms with Gasteiger partial charge in [0.25, 0.3) is 5.91 Å². The van der Waals surface area contributed by atoms with E-state index in [2.05, 4.69) is 5.32 Å². The number of ether oxygens (including phenoxy) is 1. The van der Waals surface area contributed by atoms with Crippen molar-refractivity contribution >= 4 is 40.9 Å². The Morgan fingerprint density at radius 3 is 2.54 bits per heavy atom. The first-order chi connectivity index (χ1) is 12.4. The van der Waals surface area contributed by atoms with Gasteiger partial charge in [0.05, 0.1) is 0 Å². The van der Waals surface area contributed by atoms with E-state index in [1.54, 1.807) is 18.7 Å². The summed E-state index contributed by atoms with van der Waals surface area (Å²) in [5.41, 5.74) is 3.12. The number of thioether (sulfide) groups is 1. The smallest absolute Gasteiger partial charge is 0.260 e. The predicted octanol–water partition coefficient (Wildman–Crippen LogP) is 5.43. The minimum atomic E-state index is -0.542. The van der Waals surface area contributed by atoms with Crippen LogP contribution in [0.25, 0.3) is 0 Å². The third kappa shape index (κ3) is 6.11. The minimum absolute atomic E-state index is 0.124. The molecule has 0 saturated heterocycles. The van der Waals surface area contributed by atoms with Gasteiger partial charge in [-0.2, -0.15) is 11.8 Å². The highest BCUT2D eigenvalue weighted by Gasteiger charge is 2.15. The van der Waals surface area contributed by atoms with Crippen LogP contribution in [0.5, 0.6) is 5.75 Å². The molecule has 0 radical (unpaired) electrons. The van der Waals surface area contributed by atoms with Crippen molar-refractivity contribution in [3.8, 4) is 5.75 Å². The predicted molar refractivity (Wildman–Crippen MR) is 112 cm³/mol. The Morgan fingerprint density at radius 1 is 1.19 bits per heavy atom. The molecule has 0 fully saturated rings. The van der Waals surface area contributed by atoms with Crippen LogP contribution in [0, 0.1) is 13.8 Å². The summed E-state index contributed by atoms with van der Waals surface area (Å²) in [6.07, 6.45) is -0.542. The van der Waals surface area contributed by atoms with Crippen molar-refractivity contribution in [3.63, 3.8) is 0 Å². The van der Waals surface area contributed by atoms with Crippen LogP contribution in [-0.4, -0.2) is 24.3 Å². The molecule has 26 heavy (non-hydrogen) atoms. The molecular weight excluding hydrogens is 389 g/mol. The summed E-state index contributed by atoms with van der Waals surface area (Å²) in [5.74, 6) is 2.09. The molecule has 140 valence electrons. The van der Waals surface area contributed by atoms with Crippen molar-refractivity contribution in [2.24, 2.45) is 0 Å². The topological polar surface area (TPSA) is 38.3 Å². The number of amides is 1. The molecule has 0 saturated carbocycles. The minimum Gasteiger partial charge on any atom is -0.481 e. The summed E-state index contributed by atoms with van der Waals surface area (Å²) < 4.78 is 5.77. The molecule has 2 rings (SSSR count). The van der Waals surface area contributed by atoms with E-state index in [0.29, 0.717) is 22.3 Å². The van der Waals surface area contributed by atoms with E-state index in [-0.39, 0.29) is 5.91 Å². The highest BCUT2D eigenvalue weighted by molar-refractivity contribution is 7.98.